The Morgan fingerprint density at radius 2 is 1.74 bits per heavy atom. The maximum atomic E-state index is 12.8. The minimum atomic E-state index is -0.318. The molecule has 5 aromatic rings. The molecule has 0 saturated carbocycles. The van der Waals surface area contributed by atoms with E-state index in [1.54, 1.807) is 37.6 Å². The van der Waals surface area contributed by atoms with Crippen molar-refractivity contribution in [1.82, 2.24) is 9.99 Å². The number of rotatable bonds is 9. The molecule has 6 rings (SSSR count). The quantitative estimate of drug-likeness (QED) is 0.135. The number of aryl methyl sites for hydroxylation is 1. The van der Waals surface area contributed by atoms with Gasteiger partial charge in [0.1, 0.15) is 6.61 Å². The van der Waals surface area contributed by atoms with Crippen molar-refractivity contribution >= 4 is 28.1 Å². The largest absolute Gasteiger partial charge is 0.493 e. The van der Waals surface area contributed by atoms with Crippen molar-refractivity contribution in [2.24, 2.45) is 5.10 Å². The number of benzene rings is 4. The molecule has 4 aromatic carbocycles. The standard InChI is InChI=1S/C34H28BrN3O5/c1-22-8-14-29(24-6-4-3-5-7-24)38(22)27-12-10-25(11-13-27)34(39)37-36-19-26-17-31(40-2)33(18-28(26)35)41-20-23-9-15-30-32(16-23)43-21-42-30/h3-19H,20-21H2,1-2H3,(H,37,39)/b36-19+. The highest BCUT2D eigenvalue weighted by Crippen LogP contribution is 2.35. The number of fused-ring (bicyclic) bond motifs is 1. The van der Waals surface area contributed by atoms with E-state index in [-0.39, 0.29) is 12.7 Å². The molecule has 9 heteroatoms. The predicted molar refractivity (Wildman–Crippen MR) is 169 cm³/mol. The average molecular weight is 639 g/mol. The van der Waals surface area contributed by atoms with Crippen LogP contribution in [0.1, 0.15) is 27.2 Å². The Morgan fingerprint density at radius 1 is 0.953 bits per heavy atom. The van der Waals surface area contributed by atoms with E-state index >= 15 is 0 Å². The number of methoxy groups -OCH3 is 1. The number of ether oxygens (including phenoxy) is 4. The topological polar surface area (TPSA) is 83.3 Å². The molecule has 2 heterocycles. The summed E-state index contributed by atoms with van der Waals surface area (Å²) in [7, 11) is 1.57. The highest BCUT2D eigenvalue weighted by Gasteiger charge is 2.15. The summed E-state index contributed by atoms with van der Waals surface area (Å²) in [6.07, 6.45) is 1.55. The van der Waals surface area contributed by atoms with E-state index < -0.39 is 0 Å². The fraction of sp³-hybridized carbons (Fsp3) is 0.118. The summed E-state index contributed by atoms with van der Waals surface area (Å²) in [5.74, 6) is 2.19. The van der Waals surface area contributed by atoms with Crippen LogP contribution >= 0.6 is 15.9 Å². The third-order valence-corrected chi connectivity index (χ3v) is 7.70. The van der Waals surface area contributed by atoms with E-state index in [1.165, 1.54) is 0 Å². The lowest BCUT2D eigenvalue weighted by molar-refractivity contribution is 0.0955. The Kier molecular flexibility index (Phi) is 8.15. The molecule has 43 heavy (non-hydrogen) atoms. The zero-order chi connectivity index (χ0) is 29.8. The van der Waals surface area contributed by atoms with Crippen LogP contribution in [0.3, 0.4) is 0 Å². The van der Waals surface area contributed by atoms with Crippen LogP contribution in [0.5, 0.6) is 23.0 Å². The van der Waals surface area contributed by atoms with Gasteiger partial charge in [0.15, 0.2) is 23.0 Å². The van der Waals surface area contributed by atoms with E-state index in [1.807, 2.05) is 48.5 Å². The van der Waals surface area contributed by atoms with Gasteiger partial charge in [0.25, 0.3) is 5.91 Å². The third-order valence-electron chi connectivity index (χ3n) is 7.02. The second-order valence-electron chi connectivity index (χ2n) is 9.81. The fourth-order valence-electron chi connectivity index (χ4n) is 4.82. The molecular formula is C34H28BrN3O5. The van der Waals surface area contributed by atoms with Gasteiger partial charge in [0, 0.05) is 27.0 Å². The van der Waals surface area contributed by atoms with Crippen LogP contribution in [-0.2, 0) is 6.61 Å². The second-order valence-corrected chi connectivity index (χ2v) is 10.7. The van der Waals surface area contributed by atoms with Gasteiger partial charge >= 0.3 is 0 Å². The van der Waals surface area contributed by atoms with Crippen molar-refractivity contribution < 1.29 is 23.7 Å². The highest BCUT2D eigenvalue weighted by atomic mass is 79.9. The number of hydrogen-bond acceptors (Lipinski definition) is 6. The minimum Gasteiger partial charge on any atom is -0.493 e. The van der Waals surface area contributed by atoms with Gasteiger partial charge in [-0.3, -0.25) is 4.79 Å². The smallest absolute Gasteiger partial charge is 0.271 e. The zero-order valence-corrected chi connectivity index (χ0v) is 25.1. The molecule has 1 N–H and O–H groups in total. The van der Waals surface area contributed by atoms with Crippen LogP contribution in [0.15, 0.2) is 107 Å². The third kappa shape index (κ3) is 6.12. The van der Waals surface area contributed by atoms with E-state index in [0.717, 1.165) is 38.4 Å². The lowest BCUT2D eigenvalue weighted by Gasteiger charge is -2.13. The van der Waals surface area contributed by atoms with Crippen LogP contribution in [0.25, 0.3) is 16.9 Å². The van der Waals surface area contributed by atoms with E-state index in [4.69, 9.17) is 18.9 Å². The van der Waals surface area contributed by atoms with Crippen molar-refractivity contribution in [3.05, 3.63) is 124 Å². The minimum absolute atomic E-state index is 0.222. The Morgan fingerprint density at radius 3 is 2.53 bits per heavy atom. The van der Waals surface area contributed by atoms with Gasteiger partial charge < -0.3 is 23.5 Å². The van der Waals surface area contributed by atoms with Crippen molar-refractivity contribution in [3.63, 3.8) is 0 Å². The normalized spacial score (nSPS) is 12.0. The molecule has 1 amide bonds. The van der Waals surface area contributed by atoms with Gasteiger partial charge in [-0.25, -0.2) is 5.43 Å². The van der Waals surface area contributed by atoms with Gasteiger partial charge in [0.05, 0.1) is 19.0 Å². The second kappa shape index (κ2) is 12.5. The van der Waals surface area contributed by atoms with Crippen molar-refractivity contribution in [3.8, 4) is 39.9 Å². The molecule has 0 spiro atoms. The number of halogens is 1. The molecule has 1 aromatic heterocycles. The maximum absolute atomic E-state index is 12.8. The van der Waals surface area contributed by atoms with Gasteiger partial charge in [-0.1, -0.05) is 36.4 Å². The number of amides is 1. The molecule has 0 fully saturated rings. The maximum Gasteiger partial charge on any atom is 0.271 e. The number of carbonyl (C=O) groups is 1. The number of carbonyl (C=O) groups excluding carboxylic acids is 1. The first kappa shape index (κ1) is 28.1. The first-order chi connectivity index (χ1) is 21.0. The predicted octanol–water partition coefficient (Wildman–Crippen LogP) is 7.30. The van der Waals surface area contributed by atoms with Crippen LogP contribution in [0.2, 0.25) is 0 Å². The summed E-state index contributed by atoms with van der Waals surface area (Å²) < 4.78 is 25.3. The first-order valence-electron chi connectivity index (χ1n) is 13.6. The Hall–Kier alpha value is -5.02. The van der Waals surface area contributed by atoms with Crippen molar-refractivity contribution in [2.45, 2.75) is 13.5 Å². The summed E-state index contributed by atoms with van der Waals surface area (Å²) in [6.45, 7) is 2.60. The highest BCUT2D eigenvalue weighted by molar-refractivity contribution is 9.10. The summed E-state index contributed by atoms with van der Waals surface area (Å²) in [6, 6.07) is 31.1. The summed E-state index contributed by atoms with van der Waals surface area (Å²) >= 11 is 3.57. The monoisotopic (exact) mass is 637 g/mol. The number of nitrogens with one attached hydrogen (secondary N) is 1. The number of hydrogen-bond donors (Lipinski definition) is 1. The summed E-state index contributed by atoms with van der Waals surface area (Å²) in [5.41, 5.74) is 9.03. The van der Waals surface area contributed by atoms with Crippen LogP contribution in [0, 0.1) is 6.92 Å². The SMILES string of the molecule is COc1cc(/C=N/NC(=O)c2ccc(-n3c(C)ccc3-c3ccccc3)cc2)c(Br)cc1OCc1ccc2c(c1)OCO2. The van der Waals surface area contributed by atoms with Gasteiger partial charge in [-0.05, 0) is 94.6 Å². The molecule has 1 aliphatic rings. The molecular weight excluding hydrogens is 610 g/mol. The van der Waals surface area contributed by atoms with Crippen LogP contribution in [0.4, 0.5) is 0 Å². The van der Waals surface area contributed by atoms with Crippen LogP contribution in [-0.4, -0.2) is 30.6 Å². The molecule has 0 radical (unpaired) electrons. The summed E-state index contributed by atoms with van der Waals surface area (Å²) in [5, 5.41) is 4.17. The van der Waals surface area contributed by atoms with Crippen molar-refractivity contribution in [2.75, 3.05) is 13.9 Å². The lowest BCUT2D eigenvalue weighted by Crippen LogP contribution is -2.17. The Balaban J connectivity index is 1.11. The Bertz CT molecular complexity index is 1800. The van der Waals surface area contributed by atoms with Crippen LogP contribution < -0.4 is 24.4 Å². The number of aromatic nitrogens is 1. The molecule has 0 aliphatic carbocycles. The van der Waals surface area contributed by atoms with E-state index in [2.05, 4.69) is 62.2 Å². The molecule has 0 saturated heterocycles. The van der Waals surface area contributed by atoms with Gasteiger partial charge in [-0.2, -0.15) is 5.10 Å². The molecule has 1 aliphatic heterocycles. The molecule has 216 valence electrons. The average Bonchev–Trinajstić information content (AvgIpc) is 3.67. The van der Waals surface area contributed by atoms with E-state index in [0.29, 0.717) is 35.0 Å². The molecule has 0 bridgehead atoms. The number of hydrazone groups is 1. The number of nitrogens with zero attached hydrogens (tertiary/aromatic N) is 2. The van der Waals surface area contributed by atoms with Crippen molar-refractivity contribution in [1.29, 1.82) is 0 Å². The fourth-order valence-corrected chi connectivity index (χ4v) is 5.24. The van der Waals surface area contributed by atoms with E-state index in [9.17, 15) is 4.79 Å². The summed E-state index contributed by atoms with van der Waals surface area (Å²) in [4.78, 5) is 12.8. The van der Waals surface area contributed by atoms with Gasteiger partial charge in [-0.15, -0.1) is 0 Å². The zero-order valence-electron chi connectivity index (χ0n) is 23.5. The lowest BCUT2D eigenvalue weighted by atomic mass is 10.1. The Labute approximate surface area is 257 Å². The molecule has 8 nitrogen and oxygen atoms in total. The van der Waals surface area contributed by atoms with Gasteiger partial charge in [0.2, 0.25) is 6.79 Å². The molecule has 0 atom stereocenters. The molecule has 0 unspecified atom stereocenters. The first-order valence-corrected chi connectivity index (χ1v) is 14.4.